The van der Waals surface area contributed by atoms with Crippen LogP contribution in [0.25, 0.3) is 11.1 Å². The third kappa shape index (κ3) is 2.12. The standard InChI is InChI=1S/C17H17Br/c1-12-16(7-4-8-17(12)18)15-10-9-13-5-2-3-6-14(13)11-15/h4,7-11H,2-3,5-6H2,1H3. The van der Waals surface area contributed by atoms with E-state index in [2.05, 4.69) is 59.3 Å². The van der Waals surface area contributed by atoms with Crippen molar-refractivity contribution in [1.29, 1.82) is 0 Å². The summed E-state index contributed by atoms with van der Waals surface area (Å²) in [5, 5.41) is 0. The maximum Gasteiger partial charge on any atom is 0.0210 e. The van der Waals surface area contributed by atoms with Crippen molar-refractivity contribution in [3.63, 3.8) is 0 Å². The van der Waals surface area contributed by atoms with Crippen molar-refractivity contribution >= 4 is 15.9 Å². The Kier molecular flexibility index (Phi) is 3.25. The van der Waals surface area contributed by atoms with Gasteiger partial charge in [0.25, 0.3) is 0 Å². The number of aryl methyl sites for hydroxylation is 2. The molecule has 1 heteroatoms. The first-order chi connectivity index (χ1) is 8.75. The van der Waals surface area contributed by atoms with Gasteiger partial charge in [0.1, 0.15) is 0 Å². The maximum atomic E-state index is 3.62. The number of benzene rings is 2. The van der Waals surface area contributed by atoms with Crippen LogP contribution in [0.4, 0.5) is 0 Å². The molecule has 0 atom stereocenters. The van der Waals surface area contributed by atoms with Gasteiger partial charge in [-0.1, -0.05) is 46.3 Å². The molecular weight excluding hydrogens is 284 g/mol. The number of hydrogen-bond acceptors (Lipinski definition) is 0. The van der Waals surface area contributed by atoms with E-state index < -0.39 is 0 Å². The lowest BCUT2D eigenvalue weighted by molar-refractivity contribution is 0.686. The van der Waals surface area contributed by atoms with E-state index in [-0.39, 0.29) is 0 Å². The van der Waals surface area contributed by atoms with Gasteiger partial charge in [0, 0.05) is 4.47 Å². The Labute approximate surface area is 117 Å². The highest BCUT2D eigenvalue weighted by molar-refractivity contribution is 9.10. The molecule has 0 N–H and O–H groups in total. The van der Waals surface area contributed by atoms with Gasteiger partial charge in [-0.05, 0) is 66.5 Å². The first kappa shape index (κ1) is 12.0. The molecule has 0 amide bonds. The molecule has 0 bridgehead atoms. The van der Waals surface area contributed by atoms with Crippen molar-refractivity contribution in [2.75, 3.05) is 0 Å². The van der Waals surface area contributed by atoms with Crippen LogP contribution < -0.4 is 0 Å². The Morgan fingerprint density at radius 2 is 1.72 bits per heavy atom. The molecule has 0 unspecified atom stereocenters. The van der Waals surface area contributed by atoms with Crippen molar-refractivity contribution in [2.24, 2.45) is 0 Å². The summed E-state index contributed by atoms with van der Waals surface area (Å²) in [5.74, 6) is 0. The van der Waals surface area contributed by atoms with Gasteiger partial charge in [-0.3, -0.25) is 0 Å². The molecule has 0 aromatic heterocycles. The summed E-state index contributed by atoms with van der Waals surface area (Å²) >= 11 is 3.62. The van der Waals surface area contributed by atoms with E-state index in [1.807, 2.05) is 0 Å². The fraction of sp³-hybridized carbons (Fsp3) is 0.294. The zero-order chi connectivity index (χ0) is 12.5. The van der Waals surface area contributed by atoms with Crippen molar-refractivity contribution in [3.8, 4) is 11.1 Å². The quantitative estimate of drug-likeness (QED) is 0.670. The third-order valence-corrected chi connectivity index (χ3v) is 4.79. The van der Waals surface area contributed by atoms with Gasteiger partial charge in [-0.25, -0.2) is 0 Å². The second-order valence-electron chi connectivity index (χ2n) is 5.10. The van der Waals surface area contributed by atoms with Crippen molar-refractivity contribution < 1.29 is 0 Å². The van der Waals surface area contributed by atoms with E-state index in [1.54, 1.807) is 11.1 Å². The van der Waals surface area contributed by atoms with Crippen LogP contribution in [-0.2, 0) is 12.8 Å². The van der Waals surface area contributed by atoms with E-state index in [0.29, 0.717) is 0 Å². The second-order valence-corrected chi connectivity index (χ2v) is 5.96. The molecule has 0 saturated heterocycles. The molecule has 0 saturated carbocycles. The monoisotopic (exact) mass is 300 g/mol. The lowest BCUT2D eigenvalue weighted by atomic mass is 9.88. The van der Waals surface area contributed by atoms with Crippen LogP contribution >= 0.6 is 15.9 Å². The number of halogens is 1. The van der Waals surface area contributed by atoms with E-state index in [4.69, 9.17) is 0 Å². The lowest BCUT2D eigenvalue weighted by Gasteiger charge is -2.17. The van der Waals surface area contributed by atoms with Crippen molar-refractivity contribution in [2.45, 2.75) is 32.6 Å². The van der Waals surface area contributed by atoms with Gasteiger partial charge >= 0.3 is 0 Å². The highest BCUT2D eigenvalue weighted by Crippen LogP contribution is 2.31. The van der Waals surface area contributed by atoms with Gasteiger partial charge in [0.15, 0.2) is 0 Å². The molecule has 1 aliphatic rings. The lowest BCUT2D eigenvalue weighted by Crippen LogP contribution is -2.02. The molecule has 0 aliphatic heterocycles. The fourth-order valence-corrected chi connectivity index (χ4v) is 3.19. The number of hydrogen-bond donors (Lipinski definition) is 0. The van der Waals surface area contributed by atoms with Crippen LogP contribution in [0, 0.1) is 6.92 Å². The Balaban J connectivity index is 2.09. The van der Waals surface area contributed by atoms with E-state index in [9.17, 15) is 0 Å². The van der Waals surface area contributed by atoms with Gasteiger partial charge < -0.3 is 0 Å². The maximum absolute atomic E-state index is 3.62. The van der Waals surface area contributed by atoms with Crippen molar-refractivity contribution in [3.05, 3.63) is 57.6 Å². The van der Waals surface area contributed by atoms with Crippen LogP contribution in [0.3, 0.4) is 0 Å². The largest absolute Gasteiger partial charge is 0.0605 e. The van der Waals surface area contributed by atoms with Gasteiger partial charge in [-0.2, -0.15) is 0 Å². The Bertz CT molecular complexity index is 584. The minimum absolute atomic E-state index is 1.19. The van der Waals surface area contributed by atoms with Crippen LogP contribution in [0.1, 0.15) is 29.5 Å². The predicted molar refractivity (Wildman–Crippen MR) is 81.0 cm³/mol. The average molecular weight is 301 g/mol. The summed E-state index contributed by atoms with van der Waals surface area (Å²) in [5.41, 5.74) is 7.14. The minimum atomic E-state index is 1.19. The van der Waals surface area contributed by atoms with Crippen molar-refractivity contribution in [1.82, 2.24) is 0 Å². The fourth-order valence-electron chi connectivity index (χ4n) is 2.82. The van der Waals surface area contributed by atoms with Crippen LogP contribution in [-0.4, -0.2) is 0 Å². The molecule has 0 spiro atoms. The smallest absolute Gasteiger partial charge is 0.0210 e. The van der Waals surface area contributed by atoms with Gasteiger partial charge in [-0.15, -0.1) is 0 Å². The first-order valence-corrected chi connectivity index (χ1v) is 7.42. The summed E-state index contributed by atoms with van der Waals surface area (Å²) in [6.07, 6.45) is 5.19. The molecule has 92 valence electrons. The topological polar surface area (TPSA) is 0 Å². The SMILES string of the molecule is Cc1c(Br)cccc1-c1ccc2c(c1)CCCC2. The summed E-state index contributed by atoms with van der Waals surface area (Å²) in [7, 11) is 0. The molecule has 2 aromatic rings. The van der Waals surface area contributed by atoms with E-state index >= 15 is 0 Å². The predicted octanol–water partition coefficient (Wildman–Crippen LogP) is 5.30. The molecule has 0 heterocycles. The van der Waals surface area contributed by atoms with Gasteiger partial charge in [0.2, 0.25) is 0 Å². The zero-order valence-corrected chi connectivity index (χ0v) is 12.3. The highest BCUT2D eigenvalue weighted by atomic mass is 79.9. The summed E-state index contributed by atoms with van der Waals surface area (Å²) in [6.45, 7) is 2.18. The molecule has 0 nitrogen and oxygen atoms in total. The molecular formula is C17H17Br. The van der Waals surface area contributed by atoms with E-state index in [0.717, 1.165) is 0 Å². The summed E-state index contributed by atoms with van der Waals surface area (Å²) in [6, 6.07) is 13.4. The van der Waals surface area contributed by atoms with Crippen LogP contribution in [0.15, 0.2) is 40.9 Å². The highest BCUT2D eigenvalue weighted by Gasteiger charge is 2.11. The molecule has 18 heavy (non-hydrogen) atoms. The zero-order valence-electron chi connectivity index (χ0n) is 10.7. The third-order valence-electron chi connectivity index (χ3n) is 3.93. The molecule has 1 aliphatic carbocycles. The molecule has 3 rings (SSSR count). The number of rotatable bonds is 1. The molecule has 2 aromatic carbocycles. The summed E-state index contributed by atoms with van der Waals surface area (Å²) in [4.78, 5) is 0. The summed E-state index contributed by atoms with van der Waals surface area (Å²) < 4.78 is 1.19. The average Bonchev–Trinajstić information content (AvgIpc) is 2.41. The Hall–Kier alpha value is -1.08. The second kappa shape index (κ2) is 4.89. The van der Waals surface area contributed by atoms with E-state index in [1.165, 1.54) is 46.8 Å². The van der Waals surface area contributed by atoms with Gasteiger partial charge in [0.05, 0.1) is 0 Å². The molecule has 0 fully saturated rings. The first-order valence-electron chi connectivity index (χ1n) is 6.63. The Morgan fingerprint density at radius 1 is 0.944 bits per heavy atom. The Morgan fingerprint density at radius 3 is 2.56 bits per heavy atom. The number of fused-ring (bicyclic) bond motifs is 1. The van der Waals surface area contributed by atoms with Crippen LogP contribution in [0.2, 0.25) is 0 Å². The minimum Gasteiger partial charge on any atom is -0.0605 e. The molecule has 0 radical (unpaired) electrons. The van der Waals surface area contributed by atoms with Crippen LogP contribution in [0.5, 0.6) is 0 Å². The normalized spacial score (nSPS) is 14.3.